The van der Waals surface area contributed by atoms with Gasteiger partial charge in [0.15, 0.2) is 0 Å². The highest BCUT2D eigenvalue weighted by Crippen LogP contribution is 2.24. The van der Waals surface area contributed by atoms with E-state index >= 15 is 0 Å². The molecule has 2 N–H and O–H groups in total. The molecule has 1 amide bonds. The highest BCUT2D eigenvalue weighted by Gasteiger charge is 2.26. The van der Waals surface area contributed by atoms with Gasteiger partial charge in [-0.05, 0) is 45.7 Å². The number of hydrogen-bond acceptors (Lipinski definition) is 3. The Bertz CT molecular complexity index is 896. The molecule has 0 aliphatic carbocycles. The smallest absolute Gasteiger partial charge is 0.255 e. The molecule has 0 saturated carbocycles. The van der Waals surface area contributed by atoms with Crippen LogP contribution in [-0.2, 0) is 5.54 Å². The first-order valence-corrected chi connectivity index (χ1v) is 8.99. The number of nitrogens with zero attached hydrogens (tertiary/aromatic N) is 3. The summed E-state index contributed by atoms with van der Waals surface area (Å²) in [6.07, 6.45) is 1.64. The molecule has 2 heterocycles. The summed E-state index contributed by atoms with van der Waals surface area (Å²) in [5.74, 6) is 0.838. The average molecular weight is 353 g/mol. The molecule has 26 heavy (non-hydrogen) atoms. The maximum Gasteiger partial charge on any atom is 0.255 e. The molecular weight excluding hydrogens is 326 g/mol. The molecule has 0 aliphatic heterocycles. The summed E-state index contributed by atoms with van der Waals surface area (Å²) in [6.45, 7) is 12.3. The number of rotatable bonds is 4. The molecule has 2 aromatic heterocycles. The number of aromatic nitrogens is 4. The number of aromatic amines is 1. The second-order valence-corrected chi connectivity index (χ2v) is 8.06. The monoisotopic (exact) mass is 353 g/mol. The second-order valence-electron chi connectivity index (χ2n) is 8.06. The van der Waals surface area contributed by atoms with E-state index in [1.807, 2.05) is 35.9 Å². The first-order valence-electron chi connectivity index (χ1n) is 8.99. The minimum Gasteiger partial charge on any atom is -0.342 e. The van der Waals surface area contributed by atoms with Gasteiger partial charge in [-0.3, -0.25) is 9.48 Å². The van der Waals surface area contributed by atoms with Crippen LogP contribution in [0.3, 0.4) is 0 Å². The minimum atomic E-state index is -0.202. The molecule has 0 radical (unpaired) electrons. The van der Waals surface area contributed by atoms with E-state index < -0.39 is 0 Å². The number of amides is 1. The Kier molecular flexibility index (Phi) is 4.61. The summed E-state index contributed by atoms with van der Waals surface area (Å²) in [7, 11) is 0. The van der Waals surface area contributed by atoms with E-state index in [-0.39, 0.29) is 23.4 Å². The predicted octanol–water partition coefficient (Wildman–Crippen LogP) is 3.95. The van der Waals surface area contributed by atoms with Crippen LogP contribution >= 0.6 is 0 Å². The standard InChI is InChI=1S/C20H27N5O/c1-12(2)17(18-22-15-9-7-8-10-16(15)23-18)24-19(26)14-11-21-25(13(14)3)20(4,5)6/h7-12,17H,1-6H3,(H,22,23)(H,24,26)/t17-/m1/s1. The first kappa shape index (κ1) is 18.2. The SMILES string of the molecule is Cc1c(C(=O)N[C@@H](c2nc3ccccc3[nH]2)C(C)C)cnn1C(C)(C)C. The minimum absolute atomic E-state index is 0.128. The lowest BCUT2D eigenvalue weighted by atomic mass is 10.0. The Morgan fingerprint density at radius 1 is 1.23 bits per heavy atom. The lowest BCUT2D eigenvalue weighted by molar-refractivity contribution is 0.0922. The van der Waals surface area contributed by atoms with Gasteiger partial charge in [0.2, 0.25) is 0 Å². The Labute approximate surface area is 154 Å². The van der Waals surface area contributed by atoms with E-state index in [1.165, 1.54) is 0 Å². The van der Waals surface area contributed by atoms with Crippen molar-refractivity contribution in [1.29, 1.82) is 0 Å². The van der Waals surface area contributed by atoms with Gasteiger partial charge in [0.05, 0.1) is 34.4 Å². The molecule has 0 bridgehead atoms. The van der Waals surface area contributed by atoms with Gasteiger partial charge < -0.3 is 10.3 Å². The maximum atomic E-state index is 12.9. The van der Waals surface area contributed by atoms with E-state index in [1.54, 1.807) is 6.20 Å². The third-order valence-corrected chi connectivity index (χ3v) is 4.55. The summed E-state index contributed by atoms with van der Waals surface area (Å²) in [5, 5.41) is 7.53. The van der Waals surface area contributed by atoms with Crippen molar-refractivity contribution in [3.8, 4) is 0 Å². The third kappa shape index (κ3) is 3.36. The van der Waals surface area contributed by atoms with Gasteiger partial charge in [0.25, 0.3) is 5.91 Å². The van der Waals surface area contributed by atoms with E-state index in [9.17, 15) is 4.79 Å². The molecule has 138 valence electrons. The fourth-order valence-electron chi connectivity index (χ4n) is 3.20. The first-order chi connectivity index (χ1) is 12.2. The second kappa shape index (κ2) is 6.59. The summed E-state index contributed by atoms with van der Waals surface area (Å²) in [4.78, 5) is 20.9. The van der Waals surface area contributed by atoms with Crippen LogP contribution in [0, 0.1) is 12.8 Å². The van der Waals surface area contributed by atoms with E-state index in [4.69, 9.17) is 0 Å². The Morgan fingerprint density at radius 3 is 2.50 bits per heavy atom. The largest absolute Gasteiger partial charge is 0.342 e. The van der Waals surface area contributed by atoms with Gasteiger partial charge in [-0.15, -0.1) is 0 Å². The van der Waals surface area contributed by atoms with Crippen molar-refractivity contribution in [1.82, 2.24) is 25.1 Å². The molecule has 0 spiro atoms. The molecule has 0 unspecified atom stereocenters. The van der Waals surface area contributed by atoms with Crippen molar-refractivity contribution in [3.63, 3.8) is 0 Å². The van der Waals surface area contributed by atoms with Gasteiger partial charge in [-0.25, -0.2) is 4.98 Å². The summed E-state index contributed by atoms with van der Waals surface area (Å²) in [6, 6.07) is 7.68. The lowest BCUT2D eigenvalue weighted by Gasteiger charge is -2.22. The van der Waals surface area contributed by atoms with Gasteiger partial charge in [-0.2, -0.15) is 5.10 Å². The van der Waals surface area contributed by atoms with Crippen molar-refractivity contribution < 1.29 is 4.79 Å². The summed E-state index contributed by atoms with van der Waals surface area (Å²) < 4.78 is 1.88. The molecule has 3 rings (SSSR count). The molecule has 3 aromatic rings. The Balaban J connectivity index is 1.89. The van der Waals surface area contributed by atoms with Crippen molar-refractivity contribution in [2.75, 3.05) is 0 Å². The topological polar surface area (TPSA) is 75.6 Å². The zero-order valence-electron chi connectivity index (χ0n) is 16.3. The number of carbonyl (C=O) groups is 1. The molecule has 0 saturated heterocycles. The molecule has 0 fully saturated rings. The van der Waals surface area contributed by atoms with Crippen LogP contribution < -0.4 is 5.32 Å². The molecule has 1 atom stereocenters. The zero-order chi connectivity index (χ0) is 19.1. The number of H-pyrrole nitrogens is 1. The van der Waals surface area contributed by atoms with E-state index in [0.717, 1.165) is 22.6 Å². The number of para-hydroxylation sites is 2. The number of imidazole rings is 1. The van der Waals surface area contributed by atoms with Crippen LogP contribution in [0.5, 0.6) is 0 Å². The van der Waals surface area contributed by atoms with Crippen molar-refractivity contribution in [2.45, 2.75) is 53.1 Å². The lowest BCUT2D eigenvalue weighted by Crippen LogP contribution is -2.33. The number of hydrogen-bond donors (Lipinski definition) is 2. The average Bonchev–Trinajstić information content (AvgIpc) is 3.14. The van der Waals surface area contributed by atoms with Crippen LogP contribution in [-0.4, -0.2) is 25.7 Å². The highest BCUT2D eigenvalue weighted by atomic mass is 16.1. The fraction of sp³-hybridized carbons (Fsp3) is 0.450. The number of benzene rings is 1. The fourth-order valence-corrected chi connectivity index (χ4v) is 3.20. The normalized spacial score (nSPS) is 13.3. The van der Waals surface area contributed by atoms with Gasteiger partial charge in [0, 0.05) is 5.69 Å². The zero-order valence-corrected chi connectivity index (χ0v) is 16.3. The Hall–Kier alpha value is -2.63. The summed E-state index contributed by atoms with van der Waals surface area (Å²) in [5.41, 5.74) is 3.17. The number of carbonyl (C=O) groups excluding carboxylic acids is 1. The third-order valence-electron chi connectivity index (χ3n) is 4.55. The maximum absolute atomic E-state index is 12.9. The van der Waals surface area contributed by atoms with Gasteiger partial charge in [-0.1, -0.05) is 26.0 Å². The predicted molar refractivity (Wildman–Crippen MR) is 103 cm³/mol. The van der Waals surface area contributed by atoms with Gasteiger partial charge in [0.1, 0.15) is 5.82 Å². The number of fused-ring (bicyclic) bond motifs is 1. The summed E-state index contributed by atoms with van der Waals surface area (Å²) >= 11 is 0. The van der Waals surface area contributed by atoms with Crippen LogP contribution in [0.4, 0.5) is 0 Å². The molecule has 6 heteroatoms. The van der Waals surface area contributed by atoms with Crippen molar-refractivity contribution in [3.05, 3.63) is 47.5 Å². The van der Waals surface area contributed by atoms with E-state index in [0.29, 0.717) is 5.56 Å². The van der Waals surface area contributed by atoms with E-state index in [2.05, 4.69) is 55.0 Å². The molecular formula is C20H27N5O. The van der Waals surface area contributed by atoms with Crippen LogP contribution in [0.15, 0.2) is 30.5 Å². The Morgan fingerprint density at radius 2 is 1.92 bits per heavy atom. The quantitative estimate of drug-likeness (QED) is 0.746. The van der Waals surface area contributed by atoms with Crippen molar-refractivity contribution in [2.24, 2.45) is 5.92 Å². The van der Waals surface area contributed by atoms with Crippen LogP contribution in [0.1, 0.15) is 62.5 Å². The highest BCUT2D eigenvalue weighted by molar-refractivity contribution is 5.95. The molecule has 1 aromatic carbocycles. The molecule has 0 aliphatic rings. The van der Waals surface area contributed by atoms with Gasteiger partial charge >= 0.3 is 0 Å². The van der Waals surface area contributed by atoms with Crippen molar-refractivity contribution >= 4 is 16.9 Å². The van der Waals surface area contributed by atoms with Crippen LogP contribution in [0.2, 0.25) is 0 Å². The molecule has 6 nitrogen and oxygen atoms in total. The van der Waals surface area contributed by atoms with Crippen LogP contribution in [0.25, 0.3) is 11.0 Å². The number of nitrogens with one attached hydrogen (secondary N) is 2.